The van der Waals surface area contributed by atoms with Crippen LogP contribution < -0.4 is 10.6 Å². The Morgan fingerprint density at radius 3 is 2.20 bits per heavy atom. The second-order valence-electron chi connectivity index (χ2n) is 4.90. The monoisotopic (exact) mass is 353 g/mol. The number of halogens is 3. The molecule has 25 heavy (non-hydrogen) atoms. The number of alkyl halides is 3. The lowest BCUT2D eigenvalue weighted by molar-refractivity contribution is -0.203. The Labute approximate surface area is 141 Å². The number of nitrogens with zero attached hydrogens (tertiary/aromatic N) is 1. The van der Waals surface area contributed by atoms with E-state index in [9.17, 15) is 22.8 Å². The Morgan fingerprint density at radius 2 is 1.68 bits per heavy atom. The highest BCUT2D eigenvalue weighted by atomic mass is 19.4. The van der Waals surface area contributed by atoms with E-state index < -0.39 is 23.7 Å². The van der Waals surface area contributed by atoms with E-state index >= 15 is 0 Å². The fraction of sp³-hybridized carbons (Fsp3) is 0.188. The Morgan fingerprint density at radius 1 is 1.04 bits per heavy atom. The minimum Gasteiger partial charge on any atom is -0.466 e. The Balaban J connectivity index is 2.46. The molecule has 6 nitrogen and oxygen atoms in total. The topological polar surface area (TPSA) is 80.3 Å². The number of carbonyl (C=O) groups is 2. The van der Waals surface area contributed by atoms with Gasteiger partial charge < -0.3 is 15.4 Å². The summed E-state index contributed by atoms with van der Waals surface area (Å²) in [6.07, 6.45) is -3.97. The number of amides is 1. The van der Waals surface area contributed by atoms with E-state index in [1.165, 1.54) is 48.7 Å². The molecule has 2 N–H and O–H groups in total. The van der Waals surface area contributed by atoms with Gasteiger partial charge in [-0.05, 0) is 24.3 Å². The third-order valence-corrected chi connectivity index (χ3v) is 3.23. The number of benzene rings is 1. The van der Waals surface area contributed by atoms with Crippen molar-refractivity contribution in [3.05, 3.63) is 60.3 Å². The number of pyridine rings is 1. The number of carbonyl (C=O) groups excluding carboxylic acids is 2. The van der Waals surface area contributed by atoms with Crippen molar-refractivity contribution in [2.75, 3.05) is 12.4 Å². The molecule has 1 amide bonds. The van der Waals surface area contributed by atoms with Crippen LogP contribution in [0.1, 0.15) is 10.4 Å². The molecule has 0 spiro atoms. The first kappa shape index (κ1) is 18.2. The van der Waals surface area contributed by atoms with Gasteiger partial charge in [-0.15, -0.1) is 0 Å². The predicted octanol–water partition coefficient (Wildman–Crippen LogP) is 2.36. The summed E-state index contributed by atoms with van der Waals surface area (Å²) in [7, 11) is 0.789. The van der Waals surface area contributed by atoms with Crippen LogP contribution in [0.25, 0.3) is 0 Å². The molecule has 1 atom stereocenters. The average Bonchev–Trinajstić information content (AvgIpc) is 2.61. The SMILES string of the molecule is COC(=O)C(NC(=O)c1ccccc1)(Nc1ccccn1)C(F)(F)F. The highest BCUT2D eigenvalue weighted by Crippen LogP contribution is 2.32. The fourth-order valence-corrected chi connectivity index (χ4v) is 2.00. The van der Waals surface area contributed by atoms with Gasteiger partial charge in [-0.2, -0.15) is 13.2 Å². The summed E-state index contributed by atoms with van der Waals surface area (Å²) < 4.78 is 45.6. The largest absolute Gasteiger partial charge is 0.466 e. The Kier molecular flexibility index (Phi) is 5.26. The van der Waals surface area contributed by atoms with Crippen molar-refractivity contribution >= 4 is 17.7 Å². The Hall–Kier alpha value is -3.10. The molecule has 2 rings (SSSR count). The van der Waals surface area contributed by atoms with Crippen molar-refractivity contribution in [3.63, 3.8) is 0 Å². The molecule has 0 saturated heterocycles. The van der Waals surface area contributed by atoms with E-state index in [1.807, 2.05) is 5.32 Å². The third-order valence-electron chi connectivity index (χ3n) is 3.23. The number of ether oxygens (including phenoxy) is 1. The first-order valence-corrected chi connectivity index (χ1v) is 7.02. The van der Waals surface area contributed by atoms with Crippen LogP contribution in [0.15, 0.2) is 54.7 Å². The quantitative estimate of drug-likeness (QED) is 0.637. The van der Waals surface area contributed by atoms with Gasteiger partial charge in [0.15, 0.2) is 0 Å². The van der Waals surface area contributed by atoms with Crippen molar-refractivity contribution in [2.24, 2.45) is 0 Å². The minimum absolute atomic E-state index is 0.0529. The second kappa shape index (κ2) is 7.20. The van der Waals surface area contributed by atoms with Crippen LogP contribution in [-0.2, 0) is 9.53 Å². The highest BCUT2D eigenvalue weighted by Gasteiger charge is 2.63. The van der Waals surface area contributed by atoms with Gasteiger partial charge in [0.2, 0.25) is 0 Å². The summed E-state index contributed by atoms with van der Waals surface area (Å²) in [5.41, 5.74) is -3.55. The molecule has 0 aliphatic rings. The average molecular weight is 353 g/mol. The summed E-state index contributed by atoms with van der Waals surface area (Å²) >= 11 is 0. The van der Waals surface area contributed by atoms with Crippen LogP contribution in [0.5, 0.6) is 0 Å². The first-order valence-electron chi connectivity index (χ1n) is 7.02. The van der Waals surface area contributed by atoms with E-state index in [1.54, 1.807) is 11.4 Å². The van der Waals surface area contributed by atoms with Crippen LogP contribution in [0, 0.1) is 0 Å². The molecule has 0 bridgehead atoms. The van der Waals surface area contributed by atoms with Crippen molar-refractivity contribution in [3.8, 4) is 0 Å². The molecule has 0 saturated carbocycles. The maximum Gasteiger partial charge on any atom is 0.441 e. The van der Waals surface area contributed by atoms with Gasteiger partial charge in [-0.25, -0.2) is 9.78 Å². The van der Waals surface area contributed by atoms with Crippen molar-refractivity contribution in [1.82, 2.24) is 10.3 Å². The zero-order valence-corrected chi connectivity index (χ0v) is 13.0. The second-order valence-corrected chi connectivity index (χ2v) is 4.90. The molecular weight excluding hydrogens is 339 g/mol. The number of aromatic nitrogens is 1. The summed E-state index contributed by atoms with van der Waals surface area (Å²) in [5, 5.41) is 3.64. The van der Waals surface area contributed by atoms with Crippen molar-refractivity contribution in [1.29, 1.82) is 0 Å². The smallest absolute Gasteiger partial charge is 0.441 e. The van der Waals surface area contributed by atoms with Gasteiger partial charge in [0.1, 0.15) is 5.82 Å². The van der Waals surface area contributed by atoms with E-state index in [2.05, 4.69) is 9.72 Å². The molecule has 1 heterocycles. The maximum absolute atomic E-state index is 13.8. The predicted molar refractivity (Wildman–Crippen MR) is 82.6 cm³/mol. The van der Waals surface area contributed by atoms with Crippen LogP contribution in [0.3, 0.4) is 0 Å². The van der Waals surface area contributed by atoms with Crippen molar-refractivity contribution < 1.29 is 27.5 Å². The molecule has 0 radical (unpaired) electrons. The third kappa shape index (κ3) is 3.87. The van der Waals surface area contributed by atoms with Crippen LogP contribution in [0.2, 0.25) is 0 Å². The number of hydrogen-bond donors (Lipinski definition) is 2. The van der Waals surface area contributed by atoms with E-state index in [0.29, 0.717) is 0 Å². The summed E-state index contributed by atoms with van der Waals surface area (Å²) in [6.45, 7) is 0. The van der Waals surface area contributed by atoms with Gasteiger partial charge in [0.05, 0.1) is 7.11 Å². The van der Waals surface area contributed by atoms with E-state index in [0.717, 1.165) is 7.11 Å². The van der Waals surface area contributed by atoms with Gasteiger partial charge in [-0.1, -0.05) is 24.3 Å². The standard InChI is InChI=1S/C16H14F3N3O3/c1-25-14(24)15(16(17,18)19,21-12-9-5-6-10-20-12)22-13(23)11-7-3-2-4-8-11/h2-10H,1H3,(H,20,21)(H,22,23). The van der Waals surface area contributed by atoms with E-state index in [-0.39, 0.29) is 11.4 Å². The number of nitrogens with one attached hydrogen (secondary N) is 2. The molecule has 1 aromatic heterocycles. The molecular formula is C16H14F3N3O3. The molecule has 0 aliphatic carbocycles. The molecule has 2 aromatic rings. The van der Waals surface area contributed by atoms with Crippen LogP contribution in [0.4, 0.5) is 19.0 Å². The fourth-order valence-electron chi connectivity index (χ4n) is 2.00. The van der Waals surface area contributed by atoms with Crippen molar-refractivity contribution in [2.45, 2.75) is 11.8 Å². The normalized spacial score (nSPS) is 13.4. The Bertz CT molecular complexity index is 739. The summed E-state index contributed by atoms with van der Waals surface area (Å²) in [6, 6.07) is 11.3. The van der Waals surface area contributed by atoms with Gasteiger partial charge >= 0.3 is 17.8 Å². The van der Waals surface area contributed by atoms with Crippen LogP contribution in [-0.4, -0.2) is 35.8 Å². The number of hydrogen-bond acceptors (Lipinski definition) is 5. The lowest BCUT2D eigenvalue weighted by Gasteiger charge is -2.34. The number of anilines is 1. The molecule has 1 unspecified atom stereocenters. The van der Waals surface area contributed by atoms with Crippen LogP contribution >= 0.6 is 0 Å². The molecule has 1 aromatic carbocycles. The zero-order valence-electron chi connectivity index (χ0n) is 13.0. The molecule has 0 aliphatic heterocycles. The maximum atomic E-state index is 13.8. The number of esters is 1. The molecule has 9 heteroatoms. The minimum atomic E-state index is -5.21. The zero-order chi connectivity index (χ0) is 18.5. The van der Waals surface area contributed by atoms with Gasteiger partial charge in [0, 0.05) is 11.8 Å². The summed E-state index contributed by atoms with van der Waals surface area (Å²) in [5.74, 6) is -3.10. The van der Waals surface area contributed by atoms with Gasteiger partial charge in [0.25, 0.3) is 5.91 Å². The molecule has 132 valence electrons. The number of methoxy groups -OCH3 is 1. The lowest BCUT2D eigenvalue weighted by atomic mass is 10.1. The van der Waals surface area contributed by atoms with E-state index in [4.69, 9.17) is 0 Å². The lowest BCUT2D eigenvalue weighted by Crippen LogP contribution is -2.69. The number of rotatable bonds is 5. The molecule has 0 fully saturated rings. The van der Waals surface area contributed by atoms with Gasteiger partial charge in [-0.3, -0.25) is 4.79 Å². The summed E-state index contributed by atoms with van der Waals surface area (Å²) in [4.78, 5) is 27.9. The first-order chi connectivity index (χ1) is 11.8. The highest BCUT2D eigenvalue weighted by molar-refractivity contribution is 5.99.